The Labute approximate surface area is 159 Å². The third-order valence-corrected chi connectivity index (χ3v) is 9.80. The van der Waals surface area contributed by atoms with Gasteiger partial charge in [0.05, 0.1) is 5.60 Å². The summed E-state index contributed by atoms with van der Waals surface area (Å²) in [6.07, 6.45) is 9.02. The van der Waals surface area contributed by atoms with Crippen molar-refractivity contribution >= 4 is 5.78 Å². The smallest absolute Gasteiger partial charge is 0.137 e. The van der Waals surface area contributed by atoms with Gasteiger partial charge in [-0.05, 0) is 100 Å². The number of fused-ring (bicyclic) bond motifs is 5. The third kappa shape index (κ3) is 2.56. The molecular formula is C23H39NO2. The summed E-state index contributed by atoms with van der Waals surface area (Å²) in [6.45, 7) is 7.90. The Bertz CT molecular complexity index is 585. The molecule has 0 bridgehead atoms. The van der Waals surface area contributed by atoms with Gasteiger partial charge in [0.25, 0.3) is 0 Å². The third-order valence-electron chi connectivity index (χ3n) is 9.80. The molecule has 4 aliphatic carbocycles. The van der Waals surface area contributed by atoms with Crippen LogP contribution in [0.15, 0.2) is 0 Å². The maximum atomic E-state index is 12.7. The van der Waals surface area contributed by atoms with Crippen molar-refractivity contribution in [1.29, 1.82) is 0 Å². The molecule has 0 unspecified atom stereocenters. The number of ketones is 1. The summed E-state index contributed by atoms with van der Waals surface area (Å²) < 4.78 is 0. The minimum Gasteiger partial charge on any atom is -0.390 e. The fourth-order valence-corrected chi connectivity index (χ4v) is 8.09. The predicted molar refractivity (Wildman–Crippen MR) is 105 cm³/mol. The van der Waals surface area contributed by atoms with Crippen LogP contribution < -0.4 is 0 Å². The summed E-state index contributed by atoms with van der Waals surface area (Å²) in [7, 11) is 4.19. The molecule has 3 heteroatoms. The maximum Gasteiger partial charge on any atom is 0.137 e. The lowest BCUT2D eigenvalue weighted by molar-refractivity contribution is -0.159. The van der Waals surface area contributed by atoms with Crippen molar-refractivity contribution < 1.29 is 9.90 Å². The van der Waals surface area contributed by atoms with Gasteiger partial charge in [0.15, 0.2) is 0 Å². The van der Waals surface area contributed by atoms with Gasteiger partial charge in [-0.25, -0.2) is 0 Å². The molecule has 4 saturated carbocycles. The van der Waals surface area contributed by atoms with Gasteiger partial charge in [0, 0.05) is 18.9 Å². The van der Waals surface area contributed by atoms with Gasteiger partial charge < -0.3 is 10.0 Å². The van der Waals surface area contributed by atoms with Crippen LogP contribution in [-0.2, 0) is 4.79 Å². The monoisotopic (exact) mass is 361 g/mol. The number of rotatable bonds is 2. The summed E-state index contributed by atoms with van der Waals surface area (Å²) >= 11 is 0. The van der Waals surface area contributed by atoms with E-state index >= 15 is 0 Å². The number of carbonyl (C=O) groups excluding carboxylic acids is 1. The first-order valence-electron chi connectivity index (χ1n) is 11.0. The van der Waals surface area contributed by atoms with E-state index in [0.717, 1.165) is 37.6 Å². The van der Waals surface area contributed by atoms with Crippen molar-refractivity contribution in [3.05, 3.63) is 0 Å². The SMILES string of the molecule is CN(C)C[C@@H]1C[C@@]2(C)[C@@H](CC[C@@H]3[C@@H]2CC[C@@]2(C)[C@H]3CC[C@]2(C)O)CC1=O. The second kappa shape index (κ2) is 6.04. The zero-order valence-electron chi connectivity index (χ0n) is 17.6. The molecular weight excluding hydrogens is 322 g/mol. The number of carbonyl (C=O) groups is 1. The fourth-order valence-electron chi connectivity index (χ4n) is 8.09. The van der Waals surface area contributed by atoms with Crippen LogP contribution in [0.4, 0.5) is 0 Å². The van der Waals surface area contributed by atoms with E-state index in [1.807, 2.05) is 0 Å². The van der Waals surface area contributed by atoms with Crippen molar-refractivity contribution in [2.75, 3.05) is 20.6 Å². The second-order valence-corrected chi connectivity index (χ2v) is 11.3. The standard InChI is InChI=1S/C23H39NO2/c1-21-13-15(14-24(4)5)20(25)12-16(21)6-7-17-18(21)8-10-22(2)19(17)9-11-23(22,3)26/h15-19,26H,6-14H2,1-5H3/t15-,16-,17+,18-,19-,21-,22-,23-/m0/s1. The highest BCUT2D eigenvalue weighted by molar-refractivity contribution is 5.82. The van der Waals surface area contributed by atoms with E-state index in [-0.39, 0.29) is 11.3 Å². The van der Waals surface area contributed by atoms with Gasteiger partial charge in [-0.15, -0.1) is 0 Å². The quantitative estimate of drug-likeness (QED) is 0.804. The summed E-state index contributed by atoms with van der Waals surface area (Å²) in [5.74, 6) is 3.54. The lowest BCUT2D eigenvalue weighted by atomic mass is 9.43. The minimum absolute atomic E-state index is 0.102. The van der Waals surface area contributed by atoms with Gasteiger partial charge in [0.2, 0.25) is 0 Å². The van der Waals surface area contributed by atoms with Crippen LogP contribution in [0.5, 0.6) is 0 Å². The van der Waals surface area contributed by atoms with Crippen LogP contribution >= 0.6 is 0 Å². The van der Waals surface area contributed by atoms with E-state index in [1.165, 1.54) is 32.1 Å². The van der Waals surface area contributed by atoms with Crippen LogP contribution in [0.1, 0.15) is 72.1 Å². The Morgan fingerprint density at radius 1 is 1.04 bits per heavy atom. The molecule has 0 amide bonds. The Morgan fingerprint density at radius 3 is 2.42 bits per heavy atom. The molecule has 4 rings (SSSR count). The van der Waals surface area contributed by atoms with Gasteiger partial charge >= 0.3 is 0 Å². The zero-order chi connectivity index (χ0) is 18.9. The Hall–Kier alpha value is -0.410. The van der Waals surface area contributed by atoms with Crippen LogP contribution in [0.3, 0.4) is 0 Å². The van der Waals surface area contributed by atoms with E-state index in [1.54, 1.807) is 0 Å². The summed E-state index contributed by atoms with van der Waals surface area (Å²) in [5, 5.41) is 11.1. The Morgan fingerprint density at radius 2 is 1.73 bits per heavy atom. The van der Waals surface area contributed by atoms with E-state index in [0.29, 0.717) is 23.0 Å². The second-order valence-electron chi connectivity index (χ2n) is 11.3. The van der Waals surface area contributed by atoms with Crippen LogP contribution in [0.25, 0.3) is 0 Å². The van der Waals surface area contributed by atoms with E-state index in [2.05, 4.69) is 39.8 Å². The van der Waals surface area contributed by atoms with Crippen molar-refractivity contribution in [3.8, 4) is 0 Å². The molecule has 1 N–H and O–H groups in total. The molecule has 0 aromatic rings. The number of hydrogen-bond acceptors (Lipinski definition) is 3. The molecule has 0 radical (unpaired) electrons. The first-order valence-corrected chi connectivity index (χ1v) is 11.0. The lowest BCUT2D eigenvalue weighted by Gasteiger charge is -2.61. The molecule has 3 nitrogen and oxygen atoms in total. The van der Waals surface area contributed by atoms with Crippen LogP contribution in [-0.4, -0.2) is 42.0 Å². The highest BCUT2D eigenvalue weighted by Crippen LogP contribution is 2.68. The lowest BCUT2D eigenvalue weighted by Crippen LogP contribution is -2.57. The molecule has 0 heterocycles. The number of Topliss-reactive ketones (excluding diaryl/α,β-unsaturated/α-hetero) is 1. The molecule has 0 saturated heterocycles. The van der Waals surface area contributed by atoms with Gasteiger partial charge in [-0.2, -0.15) is 0 Å². The Balaban J connectivity index is 1.61. The molecule has 148 valence electrons. The van der Waals surface area contributed by atoms with Crippen molar-refractivity contribution in [2.45, 2.75) is 77.7 Å². The van der Waals surface area contributed by atoms with Crippen molar-refractivity contribution in [2.24, 2.45) is 40.4 Å². The van der Waals surface area contributed by atoms with Crippen LogP contribution in [0, 0.1) is 40.4 Å². The Kier molecular flexibility index (Phi) is 4.40. The fraction of sp³-hybridized carbons (Fsp3) is 0.957. The highest BCUT2D eigenvalue weighted by atomic mass is 16.3. The molecule has 26 heavy (non-hydrogen) atoms. The number of nitrogens with zero attached hydrogens (tertiary/aromatic N) is 1. The molecule has 0 spiro atoms. The van der Waals surface area contributed by atoms with E-state index in [4.69, 9.17) is 0 Å². The molecule has 0 aliphatic heterocycles. The molecule has 8 atom stereocenters. The largest absolute Gasteiger partial charge is 0.390 e. The van der Waals surface area contributed by atoms with Gasteiger partial charge in [0.1, 0.15) is 5.78 Å². The molecule has 0 aromatic carbocycles. The molecule has 4 aliphatic rings. The normalized spacial score (nSPS) is 54.0. The van der Waals surface area contributed by atoms with E-state index < -0.39 is 5.60 Å². The first kappa shape index (κ1) is 18.9. The van der Waals surface area contributed by atoms with Crippen molar-refractivity contribution in [3.63, 3.8) is 0 Å². The van der Waals surface area contributed by atoms with Crippen molar-refractivity contribution in [1.82, 2.24) is 4.90 Å². The van der Waals surface area contributed by atoms with E-state index in [9.17, 15) is 9.90 Å². The zero-order valence-corrected chi connectivity index (χ0v) is 17.6. The highest BCUT2D eigenvalue weighted by Gasteiger charge is 2.63. The molecule has 0 aromatic heterocycles. The summed E-state index contributed by atoms with van der Waals surface area (Å²) in [5.41, 5.74) is -0.0610. The predicted octanol–water partition coefficient (Wildman–Crippen LogP) is 4.14. The minimum atomic E-state index is -0.490. The van der Waals surface area contributed by atoms with Crippen LogP contribution in [0.2, 0.25) is 0 Å². The average Bonchev–Trinajstić information content (AvgIpc) is 2.78. The average molecular weight is 362 g/mol. The molecule has 4 fully saturated rings. The van der Waals surface area contributed by atoms with Gasteiger partial charge in [-0.3, -0.25) is 4.79 Å². The number of hydrogen-bond donors (Lipinski definition) is 1. The summed E-state index contributed by atoms with van der Waals surface area (Å²) in [6, 6.07) is 0. The maximum absolute atomic E-state index is 12.7. The first-order chi connectivity index (χ1) is 12.1. The topological polar surface area (TPSA) is 40.5 Å². The number of aliphatic hydroxyl groups is 1. The van der Waals surface area contributed by atoms with Gasteiger partial charge in [-0.1, -0.05) is 13.8 Å². The summed E-state index contributed by atoms with van der Waals surface area (Å²) in [4.78, 5) is 14.9.